The zero-order chi connectivity index (χ0) is 19.5. The number of carbonyl (C=O) groups is 1. The van der Waals surface area contributed by atoms with Gasteiger partial charge in [-0.15, -0.1) is 0 Å². The number of hydrogen-bond acceptors (Lipinski definition) is 4. The Morgan fingerprint density at radius 1 is 1.11 bits per heavy atom. The number of benzene rings is 2. The number of carbonyl (C=O) groups excluding carboxylic acids is 1. The number of rotatable bonds is 6. The first-order valence-electron chi connectivity index (χ1n) is 9.30. The van der Waals surface area contributed by atoms with E-state index in [1.807, 2.05) is 48.5 Å². The van der Waals surface area contributed by atoms with Crippen molar-refractivity contribution in [3.05, 3.63) is 77.9 Å². The molecule has 3 rings (SSSR count). The molecule has 5 heteroatoms. The summed E-state index contributed by atoms with van der Waals surface area (Å²) in [6.07, 6.45) is 5.73. The summed E-state index contributed by atoms with van der Waals surface area (Å²) in [5, 5.41) is 10.7. The number of nitrogens with two attached hydrogens (primary N) is 1. The molecule has 0 aromatic heterocycles. The van der Waals surface area contributed by atoms with Gasteiger partial charge in [0.1, 0.15) is 0 Å². The number of amides is 1. The van der Waals surface area contributed by atoms with E-state index in [1.54, 1.807) is 6.92 Å². The Morgan fingerprint density at radius 3 is 2.52 bits per heavy atom. The Hall–Kier alpha value is -2.47. The lowest BCUT2D eigenvalue weighted by Gasteiger charge is -2.29. The van der Waals surface area contributed by atoms with Gasteiger partial charge in [-0.1, -0.05) is 67.6 Å². The van der Waals surface area contributed by atoms with Crippen LogP contribution in [0.4, 0.5) is 5.69 Å². The number of allylic oxidation sites excluding steroid dienone is 1. The number of aliphatic hydroxyl groups excluding tert-OH is 1. The highest BCUT2D eigenvalue weighted by Gasteiger charge is 2.26. The molecule has 0 saturated carbocycles. The summed E-state index contributed by atoms with van der Waals surface area (Å²) >= 11 is 0. The lowest BCUT2D eigenvalue weighted by molar-refractivity contribution is -0.147. The van der Waals surface area contributed by atoms with Crippen molar-refractivity contribution in [1.82, 2.24) is 0 Å². The van der Waals surface area contributed by atoms with E-state index < -0.39 is 6.29 Å². The molecule has 1 aliphatic rings. The van der Waals surface area contributed by atoms with Gasteiger partial charge in [-0.05, 0) is 36.5 Å². The van der Waals surface area contributed by atoms with Crippen molar-refractivity contribution in [2.24, 2.45) is 5.73 Å². The number of aliphatic hydroxyl groups is 1. The third-order valence-corrected chi connectivity index (χ3v) is 4.12. The SMILES string of the molecule is CCC(O)ON1C(=O)CCc2ccccc21.NCC=CCc1ccccc1. The van der Waals surface area contributed by atoms with Crippen LogP contribution in [-0.2, 0) is 22.5 Å². The molecular formula is C22H28N2O3. The fourth-order valence-corrected chi connectivity index (χ4v) is 2.64. The molecule has 1 heterocycles. The van der Waals surface area contributed by atoms with Crippen LogP contribution in [0, 0.1) is 0 Å². The van der Waals surface area contributed by atoms with Crippen LogP contribution in [0.15, 0.2) is 66.7 Å². The van der Waals surface area contributed by atoms with Crippen molar-refractivity contribution in [2.45, 2.75) is 38.9 Å². The maximum atomic E-state index is 11.7. The van der Waals surface area contributed by atoms with Gasteiger partial charge in [-0.3, -0.25) is 4.79 Å². The summed E-state index contributed by atoms with van der Waals surface area (Å²) in [7, 11) is 0. The van der Waals surface area contributed by atoms with Crippen LogP contribution in [0.2, 0.25) is 0 Å². The summed E-state index contributed by atoms with van der Waals surface area (Å²) in [6.45, 7) is 2.43. The Morgan fingerprint density at radius 2 is 1.81 bits per heavy atom. The predicted octanol–water partition coefficient (Wildman–Crippen LogP) is 3.37. The van der Waals surface area contributed by atoms with Crippen molar-refractivity contribution in [1.29, 1.82) is 0 Å². The minimum atomic E-state index is -0.935. The van der Waals surface area contributed by atoms with E-state index in [1.165, 1.54) is 10.6 Å². The van der Waals surface area contributed by atoms with Gasteiger partial charge in [0.25, 0.3) is 5.91 Å². The van der Waals surface area contributed by atoms with Crippen LogP contribution in [-0.4, -0.2) is 23.8 Å². The van der Waals surface area contributed by atoms with Gasteiger partial charge in [-0.25, -0.2) is 4.84 Å². The normalized spacial score (nSPS) is 14.5. The Kier molecular flexibility index (Phi) is 8.71. The van der Waals surface area contributed by atoms with Crippen molar-refractivity contribution < 1.29 is 14.7 Å². The molecule has 1 atom stereocenters. The number of fused-ring (bicyclic) bond motifs is 1. The minimum Gasteiger partial charge on any atom is -0.366 e. The van der Waals surface area contributed by atoms with E-state index in [0.717, 1.165) is 24.1 Å². The van der Waals surface area contributed by atoms with Crippen molar-refractivity contribution >= 4 is 11.6 Å². The highest BCUT2D eigenvalue weighted by molar-refractivity contribution is 5.94. The van der Waals surface area contributed by atoms with Gasteiger partial charge in [-0.2, -0.15) is 5.06 Å². The molecule has 27 heavy (non-hydrogen) atoms. The molecule has 1 unspecified atom stereocenters. The maximum Gasteiger partial charge on any atom is 0.251 e. The molecule has 0 fully saturated rings. The van der Waals surface area contributed by atoms with Crippen molar-refractivity contribution in [3.8, 4) is 0 Å². The molecule has 1 amide bonds. The van der Waals surface area contributed by atoms with Crippen LogP contribution >= 0.6 is 0 Å². The van der Waals surface area contributed by atoms with Crippen LogP contribution in [0.25, 0.3) is 0 Å². The fraction of sp³-hybridized carbons (Fsp3) is 0.318. The highest BCUT2D eigenvalue weighted by atomic mass is 16.8. The van der Waals surface area contributed by atoms with E-state index in [4.69, 9.17) is 10.6 Å². The third kappa shape index (κ3) is 6.64. The largest absolute Gasteiger partial charge is 0.366 e. The summed E-state index contributed by atoms with van der Waals surface area (Å²) in [5.74, 6) is -0.105. The number of aryl methyl sites for hydroxylation is 1. The Balaban J connectivity index is 0.000000208. The minimum absolute atomic E-state index is 0.105. The molecular weight excluding hydrogens is 340 g/mol. The molecule has 1 aliphatic heterocycles. The summed E-state index contributed by atoms with van der Waals surface area (Å²) < 4.78 is 0. The average molecular weight is 368 g/mol. The van der Waals surface area contributed by atoms with Gasteiger partial charge in [0, 0.05) is 13.0 Å². The third-order valence-electron chi connectivity index (χ3n) is 4.12. The monoisotopic (exact) mass is 368 g/mol. The second-order valence-corrected chi connectivity index (χ2v) is 6.18. The van der Waals surface area contributed by atoms with Crippen LogP contribution in [0.1, 0.15) is 30.9 Å². The standard InChI is InChI=1S/C12H15NO3.C10H13N/c1-2-12(15)16-13-10-6-4-3-5-9(10)7-8-11(13)14;11-9-5-4-8-10-6-2-1-3-7-10/h3-6,12,15H,2,7-8H2,1H3;1-7H,8-9,11H2. The summed E-state index contributed by atoms with van der Waals surface area (Å²) in [4.78, 5) is 16.9. The highest BCUT2D eigenvalue weighted by Crippen LogP contribution is 2.28. The molecule has 0 aliphatic carbocycles. The van der Waals surface area contributed by atoms with E-state index in [9.17, 15) is 9.90 Å². The van der Waals surface area contributed by atoms with Gasteiger partial charge < -0.3 is 10.8 Å². The van der Waals surface area contributed by atoms with E-state index in [2.05, 4.69) is 18.2 Å². The summed E-state index contributed by atoms with van der Waals surface area (Å²) in [6, 6.07) is 17.9. The smallest absolute Gasteiger partial charge is 0.251 e. The van der Waals surface area contributed by atoms with Crippen molar-refractivity contribution in [3.63, 3.8) is 0 Å². The lowest BCUT2D eigenvalue weighted by atomic mass is 10.0. The Bertz CT molecular complexity index is 731. The molecule has 144 valence electrons. The molecule has 0 radical (unpaired) electrons. The molecule has 0 bridgehead atoms. The molecule has 2 aromatic carbocycles. The maximum absolute atomic E-state index is 11.7. The molecule has 2 aromatic rings. The zero-order valence-electron chi connectivity index (χ0n) is 15.8. The predicted molar refractivity (Wildman–Crippen MR) is 108 cm³/mol. The first-order chi connectivity index (χ1) is 13.2. The first-order valence-corrected chi connectivity index (χ1v) is 9.30. The molecule has 0 saturated heterocycles. The van der Waals surface area contributed by atoms with Crippen molar-refractivity contribution in [2.75, 3.05) is 11.6 Å². The van der Waals surface area contributed by atoms with Crippen LogP contribution < -0.4 is 10.8 Å². The number of hydroxylamine groups is 1. The van der Waals surface area contributed by atoms with E-state index in [0.29, 0.717) is 19.4 Å². The van der Waals surface area contributed by atoms with Gasteiger partial charge in [0.15, 0.2) is 6.29 Å². The molecule has 0 spiro atoms. The summed E-state index contributed by atoms with van der Waals surface area (Å²) in [5.41, 5.74) is 8.45. The average Bonchev–Trinajstić information content (AvgIpc) is 2.71. The number of anilines is 1. The number of nitrogens with zero attached hydrogens (tertiary/aromatic N) is 1. The quantitative estimate of drug-likeness (QED) is 0.605. The van der Waals surface area contributed by atoms with Gasteiger partial charge in [0.2, 0.25) is 0 Å². The van der Waals surface area contributed by atoms with E-state index >= 15 is 0 Å². The van der Waals surface area contributed by atoms with Gasteiger partial charge in [0.05, 0.1) is 5.69 Å². The topological polar surface area (TPSA) is 75.8 Å². The Labute approximate surface area is 161 Å². The van der Waals surface area contributed by atoms with Crippen LogP contribution in [0.3, 0.4) is 0 Å². The number of hydrogen-bond donors (Lipinski definition) is 2. The van der Waals surface area contributed by atoms with Crippen LogP contribution in [0.5, 0.6) is 0 Å². The van der Waals surface area contributed by atoms with Gasteiger partial charge >= 0.3 is 0 Å². The molecule has 3 N–H and O–H groups in total. The molecule has 5 nitrogen and oxygen atoms in total. The fourth-order valence-electron chi connectivity index (χ4n) is 2.64. The first kappa shape index (κ1) is 20.8. The second kappa shape index (κ2) is 11.3. The zero-order valence-corrected chi connectivity index (χ0v) is 15.8. The second-order valence-electron chi connectivity index (χ2n) is 6.18. The number of para-hydroxylation sites is 1. The lowest BCUT2D eigenvalue weighted by Crippen LogP contribution is -2.38. The van der Waals surface area contributed by atoms with E-state index in [-0.39, 0.29) is 5.91 Å².